The first kappa shape index (κ1) is 17.2. The zero-order valence-electron chi connectivity index (χ0n) is 13.1. The van der Waals surface area contributed by atoms with Gasteiger partial charge in [-0.3, -0.25) is 9.65 Å². The van der Waals surface area contributed by atoms with E-state index >= 15 is 0 Å². The minimum Gasteiger partial charge on any atom is -0.282 e. The lowest BCUT2D eigenvalue weighted by Crippen LogP contribution is -2.04. The lowest BCUT2D eigenvalue weighted by Gasteiger charge is -2.14. The van der Waals surface area contributed by atoms with Gasteiger partial charge in [-0.2, -0.15) is 13.5 Å². The van der Waals surface area contributed by atoms with Crippen molar-refractivity contribution in [1.29, 1.82) is 0 Å². The van der Waals surface area contributed by atoms with E-state index in [0.717, 1.165) is 53.8 Å². The summed E-state index contributed by atoms with van der Waals surface area (Å²) in [5.41, 5.74) is 3.85. The minimum atomic E-state index is -4.15. The van der Waals surface area contributed by atoms with Crippen molar-refractivity contribution in [2.24, 2.45) is 0 Å². The molecule has 0 saturated carbocycles. The van der Waals surface area contributed by atoms with Crippen molar-refractivity contribution in [3.63, 3.8) is 0 Å². The van der Waals surface area contributed by atoms with Crippen molar-refractivity contribution < 1.29 is 13.0 Å². The number of halogens is 1. The fourth-order valence-corrected chi connectivity index (χ4v) is 3.79. The highest BCUT2D eigenvalue weighted by atomic mass is 35.5. The van der Waals surface area contributed by atoms with Crippen LogP contribution in [0.1, 0.15) is 47.7 Å². The Bertz CT molecular complexity index is 858. The first-order valence-corrected chi connectivity index (χ1v) is 9.77. The molecule has 1 aliphatic carbocycles. The average molecular weight is 367 g/mol. The van der Waals surface area contributed by atoms with E-state index in [4.69, 9.17) is 16.2 Å². The minimum absolute atomic E-state index is 0.293. The first-order chi connectivity index (χ1) is 11.4. The third-order valence-corrected chi connectivity index (χ3v) is 5.05. The Morgan fingerprint density at radius 3 is 2.96 bits per heavy atom. The highest BCUT2D eigenvalue weighted by Crippen LogP contribution is 2.34. The van der Waals surface area contributed by atoms with Crippen molar-refractivity contribution >= 4 is 27.8 Å². The highest BCUT2D eigenvalue weighted by molar-refractivity contribution is 7.88. The smallest absolute Gasteiger partial charge is 0.282 e. The molecule has 2 N–H and O–H groups in total. The van der Waals surface area contributed by atoms with Gasteiger partial charge in [0.2, 0.25) is 0 Å². The van der Waals surface area contributed by atoms with Crippen LogP contribution in [0.15, 0.2) is 29.7 Å². The second-order valence-electron chi connectivity index (χ2n) is 6.10. The van der Waals surface area contributed by atoms with E-state index in [2.05, 4.69) is 16.3 Å². The van der Waals surface area contributed by atoms with E-state index in [1.807, 2.05) is 18.2 Å². The summed E-state index contributed by atoms with van der Waals surface area (Å²) in [5, 5.41) is 8.82. The summed E-state index contributed by atoms with van der Waals surface area (Å²) in [6.07, 6.45) is 6.25. The summed E-state index contributed by atoms with van der Waals surface area (Å²) in [4.78, 5) is 0. The first-order valence-electron chi connectivity index (χ1n) is 7.89. The molecule has 0 fully saturated rings. The molecule has 7 heteroatoms. The zero-order valence-corrected chi connectivity index (χ0v) is 14.6. The molecule has 128 valence electrons. The lowest BCUT2D eigenvalue weighted by molar-refractivity contribution is 0.494. The molecule has 1 aliphatic rings. The number of H-pyrrole nitrogens is 1. The van der Waals surface area contributed by atoms with Crippen molar-refractivity contribution in [3.05, 3.63) is 57.2 Å². The number of nitrogens with one attached hydrogen (secondary N) is 1. The molecule has 5 nitrogen and oxygen atoms in total. The van der Waals surface area contributed by atoms with Crippen LogP contribution in [0.25, 0.3) is 6.08 Å². The molecule has 0 bridgehead atoms. The van der Waals surface area contributed by atoms with Gasteiger partial charge in [0, 0.05) is 22.2 Å². The Hall–Kier alpha value is -1.63. The maximum atomic E-state index is 10.9. The van der Waals surface area contributed by atoms with E-state index in [1.54, 1.807) is 0 Å². The Kier molecular flexibility index (Phi) is 5.08. The molecule has 1 heterocycles. The summed E-state index contributed by atoms with van der Waals surface area (Å²) in [5.74, 6) is 0.293. The highest BCUT2D eigenvalue weighted by Gasteiger charge is 2.23. The zero-order chi connectivity index (χ0) is 17.2. The number of rotatable bonds is 4. The maximum absolute atomic E-state index is 10.9. The molecule has 0 spiro atoms. The van der Waals surface area contributed by atoms with Gasteiger partial charge in [0.25, 0.3) is 10.1 Å². The molecule has 3 rings (SSSR count). The SMILES string of the molecule is O=S(=O)(O)C=Cc1n[nH]c2c1CCCCC2Cc1cccc(Cl)c1. The molecule has 1 aromatic heterocycles. The molecule has 1 atom stereocenters. The molecule has 0 saturated heterocycles. The van der Waals surface area contributed by atoms with Crippen molar-refractivity contribution in [2.45, 2.75) is 38.0 Å². The van der Waals surface area contributed by atoms with Gasteiger partial charge in [0.05, 0.1) is 11.1 Å². The van der Waals surface area contributed by atoms with Gasteiger partial charge in [-0.25, -0.2) is 0 Å². The third kappa shape index (κ3) is 4.26. The average Bonchev–Trinajstić information content (AvgIpc) is 2.80. The van der Waals surface area contributed by atoms with Crippen LogP contribution in [0.5, 0.6) is 0 Å². The topological polar surface area (TPSA) is 83.1 Å². The summed E-state index contributed by atoms with van der Waals surface area (Å²) in [6.45, 7) is 0. The molecule has 0 radical (unpaired) electrons. The molecular weight excluding hydrogens is 348 g/mol. The summed E-state index contributed by atoms with van der Waals surface area (Å²) < 4.78 is 30.7. The number of hydrogen-bond acceptors (Lipinski definition) is 3. The maximum Gasteiger partial charge on any atom is 0.287 e. The Balaban J connectivity index is 1.90. The van der Waals surface area contributed by atoms with Crippen LogP contribution in [0, 0.1) is 0 Å². The van der Waals surface area contributed by atoms with Gasteiger partial charge >= 0.3 is 0 Å². The van der Waals surface area contributed by atoms with Crippen LogP contribution in [0.2, 0.25) is 5.02 Å². The molecule has 1 unspecified atom stereocenters. The predicted molar refractivity (Wildman–Crippen MR) is 94.6 cm³/mol. The van der Waals surface area contributed by atoms with Crippen LogP contribution in [-0.2, 0) is 23.0 Å². The van der Waals surface area contributed by atoms with Crippen molar-refractivity contribution in [3.8, 4) is 0 Å². The van der Waals surface area contributed by atoms with Crippen LogP contribution in [0.4, 0.5) is 0 Å². The third-order valence-electron chi connectivity index (χ3n) is 4.34. The van der Waals surface area contributed by atoms with Crippen molar-refractivity contribution in [2.75, 3.05) is 0 Å². The number of aromatic amines is 1. The van der Waals surface area contributed by atoms with E-state index in [9.17, 15) is 8.42 Å². The van der Waals surface area contributed by atoms with Gasteiger partial charge in [-0.15, -0.1) is 0 Å². The molecule has 2 aromatic rings. The van der Waals surface area contributed by atoms with Crippen LogP contribution in [-0.4, -0.2) is 23.2 Å². The van der Waals surface area contributed by atoms with Crippen molar-refractivity contribution in [1.82, 2.24) is 10.2 Å². The standard InChI is InChI=1S/C17H19ClN2O3S/c18-14-6-3-4-12(11-14)10-13-5-1-2-7-15-16(19-20-17(13)15)8-9-24(21,22)23/h3-4,6,8-9,11,13H,1-2,5,7,10H2,(H,19,20)(H,21,22,23). The number of benzene rings is 1. The molecule has 0 aliphatic heterocycles. The second kappa shape index (κ2) is 7.09. The molecule has 24 heavy (non-hydrogen) atoms. The van der Waals surface area contributed by atoms with Gasteiger partial charge in [0.15, 0.2) is 0 Å². The monoisotopic (exact) mass is 366 g/mol. The fraction of sp³-hybridized carbons (Fsp3) is 0.353. The Labute approximate surface area is 146 Å². The lowest BCUT2D eigenvalue weighted by atomic mass is 9.91. The normalized spacial score (nSPS) is 18.5. The number of aromatic nitrogens is 2. The molecular formula is C17H19ClN2O3S. The molecule has 0 amide bonds. The van der Waals surface area contributed by atoms with Gasteiger partial charge < -0.3 is 0 Å². The quantitative estimate of drug-likeness (QED) is 0.633. The van der Waals surface area contributed by atoms with Crippen LogP contribution >= 0.6 is 11.6 Å². The van der Waals surface area contributed by atoms with E-state index < -0.39 is 10.1 Å². The molecule has 1 aromatic carbocycles. The number of hydrogen-bond donors (Lipinski definition) is 2. The second-order valence-corrected chi connectivity index (χ2v) is 7.83. The largest absolute Gasteiger partial charge is 0.287 e. The van der Waals surface area contributed by atoms with E-state index in [1.165, 1.54) is 11.6 Å². The summed E-state index contributed by atoms with van der Waals surface area (Å²) in [6, 6.07) is 7.84. The van der Waals surface area contributed by atoms with Crippen LogP contribution in [0.3, 0.4) is 0 Å². The fourth-order valence-electron chi connectivity index (χ4n) is 3.27. The Morgan fingerprint density at radius 1 is 1.38 bits per heavy atom. The summed E-state index contributed by atoms with van der Waals surface area (Å²) in [7, 11) is -4.15. The van der Waals surface area contributed by atoms with Crippen LogP contribution < -0.4 is 0 Å². The van der Waals surface area contributed by atoms with Gasteiger partial charge in [-0.05, 0) is 49.5 Å². The van der Waals surface area contributed by atoms with E-state index in [-0.39, 0.29) is 0 Å². The number of nitrogens with zero attached hydrogens (tertiary/aromatic N) is 1. The van der Waals surface area contributed by atoms with Gasteiger partial charge in [0.1, 0.15) is 0 Å². The van der Waals surface area contributed by atoms with E-state index in [0.29, 0.717) is 11.6 Å². The summed E-state index contributed by atoms with van der Waals surface area (Å²) >= 11 is 6.07. The number of fused-ring (bicyclic) bond motifs is 1. The van der Waals surface area contributed by atoms with Gasteiger partial charge in [-0.1, -0.05) is 30.2 Å². The predicted octanol–water partition coefficient (Wildman–Crippen LogP) is 3.97. The Morgan fingerprint density at radius 2 is 2.21 bits per heavy atom.